The number of methoxy groups -OCH3 is 1. The molecule has 3 aliphatic carbocycles. The molecule has 9 unspecified atom stereocenters. The van der Waals surface area contributed by atoms with Crippen LogP contribution in [0.3, 0.4) is 0 Å². The molecule has 2 nitrogen and oxygen atoms in total. The molecule has 0 aromatic heterocycles. The average molecular weight is 410 g/mol. The van der Waals surface area contributed by atoms with E-state index in [2.05, 4.69) is 45.5 Å². The second kappa shape index (κ2) is 7.36. The molecule has 4 heteroatoms. The third-order valence-electron chi connectivity index (χ3n) is 8.76. The largest absolute Gasteiger partial charge is 0.381 e. The monoisotopic (exact) mass is 409 g/mol. The van der Waals surface area contributed by atoms with Gasteiger partial charge in [-0.3, -0.25) is 0 Å². The zero-order valence-corrected chi connectivity index (χ0v) is 20.8. The van der Waals surface area contributed by atoms with Crippen LogP contribution in [0.5, 0.6) is 0 Å². The van der Waals surface area contributed by atoms with E-state index in [1.54, 1.807) is 0 Å². The van der Waals surface area contributed by atoms with E-state index in [1.165, 1.54) is 44.9 Å². The van der Waals surface area contributed by atoms with Crippen LogP contribution in [0.2, 0.25) is 18.6 Å². The summed E-state index contributed by atoms with van der Waals surface area (Å²) < 4.78 is 5.88. The first kappa shape index (κ1) is 20.8. The van der Waals surface area contributed by atoms with Crippen LogP contribution < -0.4 is 4.98 Å². The Morgan fingerprint density at radius 1 is 0.963 bits per heavy atom. The SMILES string of the molecule is COC1CCC2C(C1)C1C3CCCCC3C([Si](C)(C)NC(C)(C)C)C1P2C. The van der Waals surface area contributed by atoms with Gasteiger partial charge in [0.05, 0.1) is 6.10 Å². The quantitative estimate of drug-likeness (QED) is 0.451. The highest BCUT2D eigenvalue weighted by Gasteiger charge is 2.65. The highest BCUT2D eigenvalue weighted by Crippen LogP contribution is 2.75. The van der Waals surface area contributed by atoms with Gasteiger partial charge in [0.15, 0.2) is 0 Å². The summed E-state index contributed by atoms with van der Waals surface area (Å²) in [6.07, 6.45) is 10.8. The van der Waals surface area contributed by atoms with Crippen molar-refractivity contribution in [3.8, 4) is 0 Å². The molecule has 1 N–H and O–H groups in total. The molecule has 9 atom stereocenters. The van der Waals surface area contributed by atoms with Crippen molar-refractivity contribution in [1.82, 2.24) is 4.98 Å². The maximum Gasteiger partial charge on any atom is 0.123 e. The number of fused-ring (bicyclic) bond motifs is 5. The Bertz CT molecular complexity index is 547. The first-order valence-electron chi connectivity index (χ1n) is 11.7. The van der Waals surface area contributed by atoms with Gasteiger partial charge in [-0.2, -0.15) is 0 Å². The Kier molecular flexibility index (Phi) is 5.68. The molecule has 1 saturated heterocycles. The van der Waals surface area contributed by atoms with Crippen molar-refractivity contribution >= 4 is 16.2 Å². The van der Waals surface area contributed by atoms with Crippen molar-refractivity contribution in [3.05, 3.63) is 0 Å². The van der Waals surface area contributed by atoms with Crippen LogP contribution in [-0.2, 0) is 4.74 Å². The van der Waals surface area contributed by atoms with E-state index in [9.17, 15) is 0 Å². The Labute approximate surface area is 170 Å². The Balaban J connectivity index is 1.68. The predicted octanol–water partition coefficient (Wildman–Crippen LogP) is 6.06. The number of ether oxygens (including phenoxy) is 1. The average Bonchev–Trinajstić information content (AvgIpc) is 3.07. The Morgan fingerprint density at radius 3 is 2.26 bits per heavy atom. The first-order chi connectivity index (χ1) is 12.6. The lowest BCUT2D eigenvalue weighted by atomic mass is 9.69. The fraction of sp³-hybridized carbons (Fsp3) is 1.00. The van der Waals surface area contributed by atoms with Crippen molar-refractivity contribution in [1.29, 1.82) is 0 Å². The van der Waals surface area contributed by atoms with Crippen LogP contribution in [0, 0.1) is 23.7 Å². The highest BCUT2D eigenvalue weighted by atomic mass is 31.1. The molecule has 1 aliphatic heterocycles. The van der Waals surface area contributed by atoms with E-state index in [1.807, 2.05) is 7.11 Å². The summed E-state index contributed by atoms with van der Waals surface area (Å²) in [4.78, 5) is 4.23. The summed E-state index contributed by atoms with van der Waals surface area (Å²) in [5.74, 6) is 4.09. The minimum atomic E-state index is -1.50. The molecular weight excluding hydrogens is 365 g/mol. The summed E-state index contributed by atoms with van der Waals surface area (Å²) in [6.45, 7) is 15.2. The molecule has 4 aliphatic rings. The van der Waals surface area contributed by atoms with E-state index >= 15 is 0 Å². The van der Waals surface area contributed by atoms with Gasteiger partial charge in [-0.15, -0.1) is 7.92 Å². The molecule has 4 fully saturated rings. The van der Waals surface area contributed by atoms with Gasteiger partial charge < -0.3 is 9.72 Å². The van der Waals surface area contributed by atoms with Crippen molar-refractivity contribution in [3.63, 3.8) is 0 Å². The molecule has 0 spiro atoms. The molecule has 156 valence electrons. The van der Waals surface area contributed by atoms with Gasteiger partial charge >= 0.3 is 0 Å². The summed E-state index contributed by atoms with van der Waals surface area (Å²) in [7, 11) is 0.629. The fourth-order valence-corrected chi connectivity index (χ4v) is 18.6. The molecule has 1 heterocycles. The molecule has 0 bridgehead atoms. The van der Waals surface area contributed by atoms with E-state index in [0.717, 1.165) is 40.5 Å². The van der Waals surface area contributed by atoms with Crippen molar-refractivity contribution < 1.29 is 4.74 Å². The Morgan fingerprint density at radius 2 is 1.63 bits per heavy atom. The Hall–Kier alpha value is 0.567. The van der Waals surface area contributed by atoms with Gasteiger partial charge in [-0.05, 0) is 93.7 Å². The van der Waals surface area contributed by atoms with Crippen molar-refractivity contribution in [2.75, 3.05) is 13.8 Å². The normalized spacial score (nSPS) is 47.4. The molecular formula is C23H44NOPSi. The van der Waals surface area contributed by atoms with Crippen LogP contribution in [0.15, 0.2) is 0 Å². The van der Waals surface area contributed by atoms with Gasteiger partial charge in [0, 0.05) is 12.6 Å². The topological polar surface area (TPSA) is 21.3 Å². The number of hydrogen-bond donors (Lipinski definition) is 1. The maximum atomic E-state index is 5.88. The summed E-state index contributed by atoms with van der Waals surface area (Å²) in [5, 5.41) is 0. The molecule has 27 heavy (non-hydrogen) atoms. The van der Waals surface area contributed by atoms with Crippen molar-refractivity contribution in [2.45, 2.75) is 107 Å². The zero-order valence-electron chi connectivity index (χ0n) is 18.9. The smallest absolute Gasteiger partial charge is 0.123 e. The minimum absolute atomic E-state index is 0.170. The summed E-state index contributed by atoms with van der Waals surface area (Å²) >= 11 is 0. The van der Waals surface area contributed by atoms with Crippen LogP contribution in [0.25, 0.3) is 0 Å². The van der Waals surface area contributed by atoms with Gasteiger partial charge in [-0.1, -0.05) is 32.4 Å². The first-order valence-corrected chi connectivity index (χ1v) is 16.7. The minimum Gasteiger partial charge on any atom is -0.381 e. The fourth-order valence-electron chi connectivity index (χ4n) is 8.47. The number of rotatable bonds is 3. The molecule has 0 aromatic carbocycles. The second-order valence-corrected chi connectivity index (χ2v) is 18.8. The highest BCUT2D eigenvalue weighted by molar-refractivity contribution is 7.59. The lowest BCUT2D eigenvalue weighted by molar-refractivity contribution is 0.0339. The van der Waals surface area contributed by atoms with Crippen LogP contribution >= 0.6 is 7.92 Å². The number of nitrogens with one attached hydrogen (secondary N) is 1. The molecule has 4 rings (SSSR count). The zero-order chi connectivity index (χ0) is 19.6. The molecule has 0 amide bonds. The van der Waals surface area contributed by atoms with Gasteiger partial charge in [0.1, 0.15) is 8.24 Å². The van der Waals surface area contributed by atoms with E-state index in [4.69, 9.17) is 4.74 Å². The van der Waals surface area contributed by atoms with Gasteiger partial charge in [0.2, 0.25) is 0 Å². The predicted molar refractivity (Wildman–Crippen MR) is 122 cm³/mol. The van der Waals surface area contributed by atoms with Crippen LogP contribution in [0.4, 0.5) is 0 Å². The summed E-state index contributed by atoms with van der Waals surface area (Å²) in [6, 6.07) is 0. The third kappa shape index (κ3) is 3.62. The lowest BCUT2D eigenvalue weighted by Gasteiger charge is -2.46. The standard InChI is InChI=1S/C23H44NOPSi/c1-23(2,3)24-27(6,7)22-17-11-9-8-10-16(17)20-18-14-15(25-4)12-13-19(18)26(5)21(20)22/h15-22,24H,8-14H2,1-7H3. The second-order valence-electron chi connectivity index (χ2n) is 11.9. The molecule has 0 aromatic rings. The van der Waals surface area contributed by atoms with Crippen LogP contribution in [-0.4, -0.2) is 45.0 Å². The van der Waals surface area contributed by atoms with Gasteiger partial charge in [0.25, 0.3) is 0 Å². The third-order valence-corrected chi connectivity index (χ3v) is 16.2. The van der Waals surface area contributed by atoms with E-state index in [0.29, 0.717) is 6.10 Å². The van der Waals surface area contributed by atoms with Gasteiger partial charge in [-0.25, -0.2) is 0 Å². The number of hydrogen-bond acceptors (Lipinski definition) is 2. The molecule has 3 saturated carbocycles. The van der Waals surface area contributed by atoms with E-state index in [-0.39, 0.29) is 13.5 Å². The summed E-state index contributed by atoms with van der Waals surface area (Å²) in [5.41, 5.74) is 3.36. The van der Waals surface area contributed by atoms with Crippen molar-refractivity contribution in [2.24, 2.45) is 23.7 Å². The van der Waals surface area contributed by atoms with E-state index < -0.39 is 8.24 Å². The van der Waals surface area contributed by atoms with Crippen LogP contribution in [0.1, 0.15) is 65.7 Å². The maximum absolute atomic E-state index is 5.88. The lowest BCUT2D eigenvalue weighted by Crippen LogP contribution is -2.59. The molecule has 0 radical (unpaired) electrons.